The van der Waals surface area contributed by atoms with E-state index in [0.717, 1.165) is 11.3 Å². The number of aromatic nitrogens is 2. The van der Waals surface area contributed by atoms with Gasteiger partial charge in [-0.05, 0) is 39.4 Å². The predicted octanol–water partition coefficient (Wildman–Crippen LogP) is 2.41. The van der Waals surface area contributed by atoms with Crippen LogP contribution in [0.1, 0.15) is 30.1 Å². The van der Waals surface area contributed by atoms with Gasteiger partial charge in [-0.25, -0.2) is 4.98 Å². The zero-order valence-corrected chi connectivity index (χ0v) is 9.85. The number of nitrogens with zero attached hydrogens (tertiary/aromatic N) is 3. The lowest BCUT2D eigenvalue weighted by Gasteiger charge is -2.20. The van der Waals surface area contributed by atoms with E-state index in [4.69, 9.17) is 0 Å². The van der Waals surface area contributed by atoms with Gasteiger partial charge in [-0.3, -0.25) is 4.90 Å². The van der Waals surface area contributed by atoms with Gasteiger partial charge in [-0.1, -0.05) is 6.07 Å². The summed E-state index contributed by atoms with van der Waals surface area (Å²) < 4.78 is 2.14. The van der Waals surface area contributed by atoms with Crippen molar-refractivity contribution in [1.29, 1.82) is 0 Å². The van der Waals surface area contributed by atoms with Crippen LogP contribution < -0.4 is 0 Å². The largest absolute Gasteiger partial charge is 0.307 e. The molecular weight excluding hydrogens is 198 g/mol. The quantitative estimate of drug-likeness (QED) is 0.728. The molecule has 0 spiro atoms. The number of aryl methyl sites for hydroxylation is 1. The number of imidazole rings is 1. The SMILES string of the molecule is Cc1cn2cccc([C@@H]3CCCN3C)c2n1. The Bertz CT molecular complexity index is 515. The summed E-state index contributed by atoms with van der Waals surface area (Å²) in [6, 6.07) is 4.88. The van der Waals surface area contributed by atoms with Crippen LogP contribution in [0.15, 0.2) is 24.5 Å². The number of fused-ring (bicyclic) bond motifs is 1. The number of hydrogen-bond acceptors (Lipinski definition) is 2. The van der Waals surface area contributed by atoms with E-state index < -0.39 is 0 Å². The molecule has 1 aliphatic rings. The first-order valence-electron chi connectivity index (χ1n) is 5.90. The maximum Gasteiger partial charge on any atom is 0.141 e. The van der Waals surface area contributed by atoms with Crippen LogP contribution in [0.25, 0.3) is 5.65 Å². The summed E-state index contributed by atoms with van der Waals surface area (Å²) in [7, 11) is 2.21. The molecule has 0 unspecified atom stereocenters. The summed E-state index contributed by atoms with van der Waals surface area (Å²) >= 11 is 0. The van der Waals surface area contributed by atoms with Gasteiger partial charge in [0.05, 0.1) is 5.69 Å². The molecule has 3 heteroatoms. The Morgan fingerprint density at radius 1 is 1.44 bits per heavy atom. The Balaban J connectivity index is 2.15. The van der Waals surface area contributed by atoms with Crippen molar-refractivity contribution >= 4 is 5.65 Å². The van der Waals surface area contributed by atoms with Crippen LogP contribution in [0.2, 0.25) is 0 Å². The van der Waals surface area contributed by atoms with Crippen LogP contribution in [0.3, 0.4) is 0 Å². The van der Waals surface area contributed by atoms with Crippen molar-refractivity contribution in [2.75, 3.05) is 13.6 Å². The van der Waals surface area contributed by atoms with Crippen molar-refractivity contribution in [1.82, 2.24) is 14.3 Å². The molecule has 0 N–H and O–H groups in total. The fraction of sp³-hybridized carbons (Fsp3) is 0.462. The average Bonchev–Trinajstić information content (AvgIpc) is 2.82. The molecule has 1 saturated heterocycles. The average molecular weight is 215 g/mol. The van der Waals surface area contributed by atoms with Crippen LogP contribution in [-0.4, -0.2) is 27.9 Å². The Morgan fingerprint density at radius 2 is 2.31 bits per heavy atom. The second-order valence-corrected chi connectivity index (χ2v) is 4.72. The number of likely N-dealkylation sites (tertiary alicyclic amines) is 1. The maximum atomic E-state index is 4.63. The van der Waals surface area contributed by atoms with Gasteiger partial charge in [0.2, 0.25) is 0 Å². The molecule has 2 aromatic rings. The zero-order chi connectivity index (χ0) is 11.1. The summed E-state index contributed by atoms with van der Waals surface area (Å²) in [4.78, 5) is 7.06. The fourth-order valence-corrected chi connectivity index (χ4v) is 2.72. The smallest absolute Gasteiger partial charge is 0.141 e. The summed E-state index contributed by atoms with van der Waals surface area (Å²) in [5, 5.41) is 0. The van der Waals surface area contributed by atoms with Crippen molar-refractivity contribution < 1.29 is 0 Å². The second-order valence-electron chi connectivity index (χ2n) is 4.72. The van der Waals surface area contributed by atoms with Gasteiger partial charge in [-0.15, -0.1) is 0 Å². The van der Waals surface area contributed by atoms with Crippen LogP contribution in [0.5, 0.6) is 0 Å². The van der Waals surface area contributed by atoms with Gasteiger partial charge < -0.3 is 4.40 Å². The van der Waals surface area contributed by atoms with Gasteiger partial charge in [-0.2, -0.15) is 0 Å². The maximum absolute atomic E-state index is 4.63. The molecule has 3 nitrogen and oxygen atoms in total. The summed E-state index contributed by atoms with van der Waals surface area (Å²) in [5.74, 6) is 0. The highest BCUT2D eigenvalue weighted by Crippen LogP contribution is 2.32. The lowest BCUT2D eigenvalue weighted by atomic mass is 10.1. The first kappa shape index (κ1) is 9.85. The molecule has 16 heavy (non-hydrogen) atoms. The topological polar surface area (TPSA) is 20.5 Å². The zero-order valence-electron chi connectivity index (χ0n) is 9.85. The first-order chi connectivity index (χ1) is 7.75. The summed E-state index contributed by atoms with van der Waals surface area (Å²) in [5.41, 5.74) is 3.59. The molecule has 3 heterocycles. The predicted molar refractivity (Wildman–Crippen MR) is 64.5 cm³/mol. The normalized spacial score (nSPS) is 22.0. The Morgan fingerprint density at radius 3 is 3.06 bits per heavy atom. The van der Waals surface area contributed by atoms with E-state index in [1.807, 2.05) is 0 Å². The Hall–Kier alpha value is -1.35. The van der Waals surface area contributed by atoms with Gasteiger partial charge in [0, 0.05) is 24.0 Å². The molecule has 0 radical (unpaired) electrons. The minimum absolute atomic E-state index is 0.547. The van der Waals surface area contributed by atoms with E-state index in [9.17, 15) is 0 Å². The monoisotopic (exact) mass is 215 g/mol. The molecule has 0 bridgehead atoms. The van der Waals surface area contributed by atoms with Crippen LogP contribution >= 0.6 is 0 Å². The Labute approximate surface area is 95.7 Å². The molecule has 1 fully saturated rings. The third kappa shape index (κ3) is 1.43. The lowest BCUT2D eigenvalue weighted by molar-refractivity contribution is 0.318. The highest BCUT2D eigenvalue weighted by Gasteiger charge is 2.24. The second kappa shape index (κ2) is 3.59. The van der Waals surface area contributed by atoms with Crippen LogP contribution in [0.4, 0.5) is 0 Å². The number of pyridine rings is 1. The van der Waals surface area contributed by atoms with Gasteiger partial charge in [0.25, 0.3) is 0 Å². The number of rotatable bonds is 1. The van der Waals surface area contributed by atoms with Crippen LogP contribution in [-0.2, 0) is 0 Å². The van der Waals surface area contributed by atoms with Crippen molar-refractivity contribution in [3.8, 4) is 0 Å². The molecule has 3 rings (SSSR count). The molecule has 2 aromatic heterocycles. The minimum Gasteiger partial charge on any atom is -0.307 e. The minimum atomic E-state index is 0.547. The standard InChI is InChI=1S/C13H17N3/c1-10-9-16-8-3-5-11(13(16)14-10)12-6-4-7-15(12)2/h3,5,8-9,12H,4,6-7H2,1-2H3/t12-/m0/s1. The lowest BCUT2D eigenvalue weighted by Crippen LogP contribution is -2.18. The Kier molecular flexibility index (Phi) is 2.21. The van der Waals surface area contributed by atoms with Crippen LogP contribution in [0, 0.1) is 6.92 Å². The summed E-state index contributed by atoms with van der Waals surface area (Å²) in [6.45, 7) is 3.25. The molecule has 1 aliphatic heterocycles. The van der Waals surface area contributed by atoms with E-state index in [-0.39, 0.29) is 0 Å². The number of hydrogen-bond donors (Lipinski definition) is 0. The molecular formula is C13H17N3. The van der Waals surface area contributed by atoms with Crippen molar-refractivity contribution in [2.45, 2.75) is 25.8 Å². The van der Waals surface area contributed by atoms with Gasteiger partial charge >= 0.3 is 0 Å². The molecule has 0 amide bonds. The highest BCUT2D eigenvalue weighted by atomic mass is 15.2. The van der Waals surface area contributed by atoms with Gasteiger partial charge in [0.1, 0.15) is 5.65 Å². The molecule has 0 aliphatic carbocycles. The fourth-order valence-electron chi connectivity index (χ4n) is 2.72. The summed E-state index contributed by atoms with van der Waals surface area (Å²) in [6.07, 6.45) is 6.71. The van der Waals surface area contributed by atoms with E-state index >= 15 is 0 Å². The third-order valence-corrected chi connectivity index (χ3v) is 3.51. The third-order valence-electron chi connectivity index (χ3n) is 3.51. The van der Waals surface area contributed by atoms with Crippen molar-refractivity contribution in [3.05, 3.63) is 35.8 Å². The molecule has 1 atom stereocenters. The first-order valence-corrected chi connectivity index (χ1v) is 5.90. The van der Waals surface area contributed by atoms with Crippen molar-refractivity contribution in [3.63, 3.8) is 0 Å². The van der Waals surface area contributed by atoms with Gasteiger partial charge in [0.15, 0.2) is 0 Å². The van der Waals surface area contributed by atoms with Crippen molar-refractivity contribution in [2.24, 2.45) is 0 Å². The van der Waals surface area contributed by atoms with E-state index in [1.54, 1.807) is 0 Å². The van der Waals surface area contributed by atoms with E-state index in [2.05, 4.69) is 52.8 Å². The molecule has 0 aromatic carbocycles. The van der Waals surface area contributed by atoms with E-state index in [0.29, 0.717) is 6.04 Å². The molecule has 84 valence electrons. The van der Waals surface area contributed by atoms with E-state index in [1.165, 1.54) is 24.9 Å². The highest BCUT2D eigenvalue weighted by molar-refractivity contribution is 5.50. The molecule has 0 saturated carbocycles.